The van der Waals surface area contributed by atoms with E-state index < -0.39 is 0 Å². The van der Waals surface area contributed by atoms with Crippen LogP contribution in [0, 0.1) is 6.92 Å². The van der Waals surface area contributed by atoms with E-state index in [1.807, 2.05) is 37.3 Å². The molecular weight excluding hydrogens is 338 g/mol. The Morgan fingerprint density at radius 2 is 1.81 bits per heavy atom. The Hall–Kier alpha value is -2.95. The quantitative estimate of drug-likeness (QED) is 0.622. The predicted molar refractivity (Wildman–Crippen MR) is 108 cm³/mol. The fourth-order valence-corrected chi connectivity index (χ4v) is 3.40. The second kappa shape index (κ2) is 8.62. The van der Waals surface area contributed by atoms with Crippen LogP contribution in [-0.2, 0) is 17.6 Å². The second-order valence-corrected chi connectivity index (χ2v) is 6.98. The second-order valence-electron chi connectivity index (χ2n) is 6.98. The smallest absolute Gasteiger partial charge is 0.271 e. The molecule has 0 saturated carbocycles. The summed E-state index contributed by atoms with van der Waals surface area (Å²) in [5.41, 5.74) is 8.02. The van der Waals surface area contributed by atoms with E-state index in [0.717, 1.165) is 30.5 Å². The Labute approximate surface area is 159 Å². The lowest BCUT2D eigenvalue weighted by Gasteiger charge is -2.19. The molecule has 0 spiro atoms. The highest BCUT2D eigenvalue weighted by Gasteiger charge is 2.15. The molecule has 2 aromatic carbocycles. The molecule has 2 aromatic rings. The van der Waals surface area contributed by atoms with Crippen molar-refractivity contribution in [3.63, 3.8) is 0 Å². The van der Waals surface area contributed by atoms with Crippen LogP contribution in [0.25, 0.3) is 0 Å². The minimum Gasteiger partial charge on any atom is -0.325 e. The molecule has 0 atom stereocenters. The number of rotatable bonds is 5. The number of anilines is 1. The maximum absolute atomic E-state index is 12.4. The SMILES string of the molecule is CC(CC(=O)Nc1cccc2c1CCCC2)=NNC(=O)c1ccccc1C. The largest absolute Gasteiger partial charge is 0.325 e. The number of hydrogen-bond donors (Lipinski definition) is 2. The Morgan fingerprint density at radius 1 is 1.04 bits per heavy atom. The number of aryl methyl sites for hydroxylation is 2. The number of amides is 2. The Bertz CT molecular complexity index is 887. The normalized spacial score (nSPS) is 13.6. The first kappa shape index (κ1) is 18.8. The minimum atomic E-state index is -0.273. The molecular formula is C22H25N3O2. The van der Waals surface area contributed by atoms with Crippen molar-refractivity contribution in [1.82, 2.24) is 5.43 Å². The number of benzene rings is 2. The molecule has 2 N–H and O–H groups in total. The van der Waals surface area contributed by atoms with Crippen LogP contribution in [0.4, 0.5) is 5.69 Å². The first-order chi connectivity index (χ1) is 13.0. The molecule has 3 rings (SSSR count). The highest BCUT2D eigenvalue weighted by Crippen LogP contribution is 2.27. The first-order valence-corrected chi connectivity index (χ1v) is 9.34. The maximum atomic E-state index is 12.4. The van der Waals surface area contributed by atoms with E-state index >= 15 is 0 Å². The summed E-state index contributed by atoms with van der Waals surface area (Å²) in [4.78, 5) is 24.6. The number of hydrazone groups is 1. The molecule has 140 valence electrons. The van der Waals surface area contributed by atoms with Crippen molar-refractivity contribution in [2.24, 2.45) is 5.10 Å². The van der Waals surface area contributed by atoms with E-state index in [4.69, 9.17) is 0 Å². The molecule has 5 heteroatoms. The fourth-order valence-electron chi connectivity index (χ4n) is 3.40. The van der Waals surface area contributed by atoms with E-state index in [1.165, 1.54) is 17.5 Å². The number of fused-ring (bicyclic) bond motifs is 1. The topological polar surface area (TPSA) is 70.6 Å². The summed E-state index contributed by atoms with van der Waals surface area (Å²) in [5.74, 6) is -0.398. The van der Waals surface area contributed by atoms with E-state index in [2.05, 4.69) is 21.9 Å². The van der Waals surface area contributed by atoms with Gasteiger partial charge in [-0.25, -0.2) is 5.43 Å². The number of carbonyl (C=O) groups excluding carboxylic acids is 2. The Kier molecular flexibility index (Phi) is 6.01. The van der Waals surface area contributed by atoms with Crippen LogP contribution in [0.1, 0.15) is 53.2 Å². The summed E-state index contributed by atoms with van der Waals surface area (Å²) >= 11 is 0. The van der Waals surface area contributed by atoms with Crippen molar-refractivity contribution >= 4 is 23.2 Å². The molecule has 5 nitrogen and oxygen atoms in total. The molecule has 0 unspecified atom stereocenters. The van der Waals surface area contributed by atoms with Crippen molar-refractivity contribution in [1.29, 1.82) is 0 Å². The van der Waals surface area contributed by atoms with Crippen LogP contribution in [0.15, 0.2) is 47.6 Å². The van der Waals surface area contributed by atoms with Gasteiger partial charge in [-0.2, -0.15) is 5.10 Å². The van der Waals surface area contributed by atoms with Gasteiger partial charge in [-0.05, 0) is 68.4 Å². The summed E-state index contributed by atoms with van der Waals surface area (Å²) < 4.78 is 0. The average molecular weight is 363 g/mol. The predicted octanol–water partition coefficient (Wildman–Crippen LogP) is 4.01. The molecule has 0 fully saturated rings. The number of nitrogens with one attached hydrogen (secondary N) is 2. The van der Waals surface area contributed by atoms with Gasteiger partial charge in [0.15, 0.2) is 0 Å². The zero-order valence-corrected chi connectivity index (χ0v) is 15.8. The highest BCUT2D eigenvalue weighted by molar-refractivity contribution is 6.06. The van der Waals surface area contributed by atoms with Crippen LogP contribution < -0.4 is 10.7 Å². The summed E-state index contributed by atoms with van der Waals surface area (Å²) in [5, 5.41) is 7.06. The fraction of sp³-hybridized carbons (Fsp3) is 0.318. The third-order valence-corrected chi connectivity index (χ3v) is 4.82. The van der Waals surface area contributed by atoms with Crippen molar-refractivity contribution in [2.45, 2.75) is 46.0 Å². The summed E-state index contributed by atoms with van der Waals surface area (Å²) in [6, 6.07) is 13.4. The summed E-state index contributed by atoms with van der Waals surface area (Å²) in [6.07, 6.45) is 4.58. The number of carbonyl (C=O) groups is 2. The molecule has 1 aliphatic rings. The van der Waals surface area contributed by atoms with Gasteiger partial charge in [0.25, 0.3) is 5.91 Å². The molecule has 0 aromatic heterocycles. The van der Waals surface area contributed by atoms with Crippen LogP contribution >= 0.6 is 0 Å². The van der Waals surface area contributed by atoms with E-state index in [-0.39, 0.29) is 18.2 Å². The monoisotopic (exact) mass is 363 g/mol. The molecule has 0 aliphatic heterocycles. The molecule has 27 heavy (non-hydrogen) atoms. The minimum absolute atomic E-state index is 0.125. The van der Waals surface area contributed by atoms with Gasteiger partial charge in [-0.1, -0.05) is 30.3 Å². The van der Waals surface area contributed by atoms with Crippen molar-refractivity contribution in [2.75, 3.05) is 5.32 Å². The number of nitrogens with zero attached hydrogens (tertiary/aromatic N) is 1. The highest BCUT2D eigenvalue weighted by atomic mass is 16.2. The van der Waals surface area contributed by atoms with Gasteiger partial charge >= 0.3 is 0 Å². The lowest BCUT2D eigenvalue weighted by atomic mass is 9.90. The third-order valence-electron chi connectivity index (χ3n) is 4.82. The summed E-state index contributed by atoms with van der Waals surface area (Å²) in [6.45, 7) is 3.61. The molecule has 2 amide bonds. The molecule has 0 saturated heterocycles. The van der Waals surface area contributed by atoms with E-state index in [1.54, 1.807) is 13.0 Å². The van der Waals surface area contributed by atoms with Gasteiger partial charge in [-0.3, -0.25) is 9.59 Å². The molecule has 1 aliphatic carbocycles. The van der Waals surface area contributed by atoms with Gasteiger partial charge < -0.3 is 5.32 Å². The Balaban J connectivity index is 1.59. The van der Waals surface area contributed by atoms with Crippen molar-refractivity contribution in [3.8, 4) is 0 Å². The van der Waals surface area contributed by atoms with Crippen LogP contribution in [0.3, 0.4) is 0 Å². The molecule has 0 bridgehead atoms. The van der Waals surface area contributed by atoms with Gasteiger partial charge in [-0.15, -0.1) is 0 Å². The van der Waals surface area contributed by atoms with Gasteiger partial charge in [0, 0.05) is 17.0 Å². The Morgan fingerprint density at radius 3 is 2.63 bits per heavy atom. The van der Waals surface area contributed by atoms with Gasteiger partial charge in [0.05, 0.1) is 6.42 Å². The van der Waals surface area contributed by atoms with Gasteiger partial charge in [0.2, 0.25) is 5.91 Å². The lowest BCUT2D eigenvalue weighted by molar-refractivity contribution is -0.115. The maximum Gasteiger partial charge on any atom is 0.271 e. The standard InChI is InChI=1S/C22H25N3O2/c1-15-8-3-5-11-18(15)22(27)25-24-16(2)14-21(26)23-20-13-7-10-17-9-4-6-12-19(17)20/h3,5,7-8,10-11,13H,4,6,9,12,14H2,1-2H3,(H,23,26)(H,25,27). The van der Waals surface area contributed by atoms with E-state index in [9.17, 15) is 9.59 Å². The lowest BCUT2D eigenvalue weighted by Crippen LogP contribution is -2.22. The first-order valence-electron chi connectivity index (χ1n) is 9.34. The average Bonchev–Trinajstić information content (AvgIpc) is 2.67. The zero-order valence-electron chi connectivity index (χ0n) is 15.8. The van der Waals surface area contributed by atoms with Crippen molar-refractivity contribution < 1.29 is 9.59 Å². The zero-order chi connectivity index (χ0) is 19.2. The van der Waals surface area contributed by atoms with Crippen LogP contribution in [0.2, 0.25) is 0 Å². The van der Waals surface area contributed by atoms with E-state index in [0.29, 0.717) is 11.3 Å². The van der Waals surface area contributed by atoms with Crippen LogP contribution in [-0.4, -0.2) is 17.5 Å². The number of hydrogen-bond acceptors (Lipinski definition) is 3. The third kappa shape index (κ3) is 4.82. The van der Waals surface area contributed by atoms with Crippen LogP contribution in [0.5, 0.6) is 0 Å². The van der Waals surface area contributed by atoms with Crippen molar-refractivity contribution in [3.05, 3.63) is 64.7 Å². The molecule has 0 heterocycles. The summed E-state index contributed by atoms with van der Waals surface area (Å²) in [7, 11) is 0. The molecule has 0 radical (unpaired) electrons. The van der Waals surface area contributed by atoms with Gasteiger partial charge in [0.1, 0.15) is 0 Å².